The third kappa shape index (κ3) is 2.93. The predicted molar refractivity (Wildman–Crippen MR) is 72.2 cm³/mol. The lowest BCUT2D eigenvalue weighted by Gasteiger charge is -2.33. The highest BCUT2D eigenvalue weighted by Crippen LogP contribution is 2.16. The summed E-state index contributed by atoms with van der Waals surface area (Å²) in [4.78, 5) is 2.53. The van der Waals surface area contributed by atoms with Gasteiger partial charge in [0.25, 0.3) is 0 Å². The zero-order chi connectivity index (χ0) is 13.2. The maximum atomic E-state index is 12.3. The number of aryl methyl sites for hydroxylation is 1. The number of hydrogen-bond donors (Lipinski definition) is 0. The molecule has 0 aliphatic carbocycles. The Labute approximate surface area is 116 Å². The van der Waals surface area contributed by atoms with Crippen LogP contribution in [0.3, 0.4) is 0 Å². The van der Waals surface area contributed by atoms with Crippen molar-refractivity contribution in [3.8, 4) is 0 Å². The Morgan fingerprint density at radius 2 is 2.00 bits per heavy atom. The van der Waals surface area contributed by atoms with Crippen molar-refractivity contribution in [3.05, 3.63) is 12.4 Å². The molecule has 8 heteroatoms. The van der Waals surface area contributed by atoms with Crippen LogP contribution in [-0.2, 0) is 17.1 Å². The molecular formula is C10H17BrN4O2S. The standard InChI is InChI=1S/C10H17BrN4O2S/c1-13-9-10(8-12-13)18(16,17)15-6-4-14(3-2-11)5-7-15/h8-9H,2-7H2,1H3. The number of piperazine rings is 1. The van der Waals surface area contributed by atoms with Gasteiger partial charge >= 0.3 is 0 Å². The van der Waals surface area contributed by atoms with Crippen molar-refractivity contribution in [2.24, 2.45) is 7.05 Å². The number of rotatable bonds is 4. The molecule has 0 atom stereocenters. The molecule has 0 radical (unpaired) electrons. The highest BCUT2D eigenvalue weighted by molar-refractivity contribution is 9.09. The molecule has 0 saturated carbocycles. The molecule has 1 aliphatic heterocycles. The molecule has 18 heavy (non-hydrogen) atoms. The van der Waals surface area contributed by atoms with Gasteiger partial charge in [-0.1, -0.05) is 15.9 Å². The molecule has 1 aromatic heterocycles. The number of alkyl halides is 1. The monoisotopic (exact) mass is 336 g/mol. The quantitative estimate of drug-likeness (QED) is 0.733. The SMILES string of the molecule is Cn1cc(S(=O)(=O)N2CCN(CCBr)CC2)cn1. The van der Waals surface area contributed by atoms with Crippen molar-refractivity contribution in [1.29, 1.82) is 0 Å². The molecule has 0 spiro atoms. The molecule has 0 amide bonds. The molecule has 0 N–H and O–H groups in total. The van der Waals surface area contributed by atoms with Crippen molar-refractivity contribution < 1.29 is 8.42 Å². The average Bonchev–Trinajstić information content (AvgIpc) is 2.78. The fraction of sp³-hybridized carbons (Fsp3) is 0.700. The maximum absolute atomic E-state index is 12.3. The Morgan fingerprint density at radius 3 is 2.50 bits per heavy atom. The van der Waals surface area contributed by atoms with Gasteiger partial charge in [0.15, 0.2) is 0 Å². The first-order valence-corrected chi connectivity index (χ1v) is 8.37. The largest absolute Gasteiger partial charge is 0.300 e. The zero-order valence-electron chi connectivity index (χ0n) is 10.3. The van der Waals surface area contributed by atoms with Gasteiger partial charge in [0, 0.05) is 51.3 Å². The molecule has 1 saturated heterocycles. The molecular weight excluding hydrogens is 320 g/mol. The second-order valence-corrected chi connectivity index (χ2v) is 7.02. The number of aromatic nitrogens is 2. The summed E-state index contributed by atoms with van der Waals surface area (Å²) in [6, 6.07) is 0. The van der Waals surface area contributed by atoms with Crippen molar-refractivity contribution in [2.45, 2.75) is 4.90 Å². The van der Waals surface area contributed by atoms with E-state index in [-0.39, 0.29) is 4.90 Å². The van der Waals surface area contributed by atoms with E-state index in [4.69, 9.17) is 0 Å². The lowest BCUT2D eigenvalue weighted by molar-refractivity contribution is 0.198. The molecule has 2 rings (SSSR count). The highest BCUT2D eigenvalue weighted by atomic mass is 79.9. The number of sulfonamides is 1. The minimum atomic E-state index is -3.37. The second kappa shape index (κ2) is 5.68. The maximum Gasteiger partial charge on any atom is 0.246 e. The van der Waals surface area contributed by atoms with Crippen LogP contribution in [0.5, 0.6) is 0 Å². The van der Waals surface area contributed by atoms with Crippen molar-refractivity contribution >= 4 is 26.0 Å². The van der Waals surface area contributed by atoms with Gasteiger partial charge in [-0.25, -0.2) is 8.42 Å². The van der Waals surface area contributed by atoms with Crippen LogP contribution in [-0.4, -0.2) is 65.5 Å². The van der Waals surface area contributed by atoms with E-state index in [1.807, 2.05) is 0 Å². The van der Waals surface area contributed by atoms with E-state index in [0.717, 1.165) is 25.0 Å². The van der Waals surface area contributed by atoms with Gasteiger partial charge in [-0.2, -0.15) is 9.40 Å². The average molecular weight is 337 g/mol. The minimum Gasteiger partial charge on any atom is -0.300 e. The van der Waals surface area contributed by atoms with Crippen LogP contribution in [0.4, 0.5) is 0 Å². The summed E-state index contributed by atoms with van der Waals surface area (Å²) in [6.07, 6.45) is 2.94. The first-order valence-electron chi connectivity index (χ1n) is 5.81. The molecule has 6 nitrogen and oxygen atoms in total. The van der Waals surface area contributed by atoms with E-state index in [0.29, 0.717) is 13.1 Å². The van der Waals surface area contributed by atoms with E-state index in [1.54, 1.807) is 13.2 Å². The number of nitrogens with zero attached hydrogens (tertiary/aromatic N) is 4. The van der Waals surface area contributed by atoms with Crippen LogP contribution in [0.2, 0.25) is 0 Å². The van der Waals surface area contributed by atoms with Crippen LogP contribution in [0, 0.1) is 0 Å². The first kappa shape index (κ1) is 14.0. The zero-order valence-corrected chi connectivity index (χ0v) is 12.7. The van der Waals surface area contributed by atoms with Crippen molar-refractivity contribution in [2.75, 3.05) is 38.1 Å². The van der Waals surface area contributed by atoms with Crippen LogP contribution < -0.4 is 0 Å². The fourth-order valence-corrected chi connectivity index (χ4v) is 3.90. The summed E-state index contributed by atoms with van der Waals surface area (Å²) in [5.41, 5.74) is 0. The van der Waals surface area contributed by atoms with E-state index in [2.05, 4.69) is 25.9 Å². The third-order valence-corrected chi connectivity index (χ3v) is 5.26. The molecule has 1 aromatic rings. The normalized spacial score (nSPS) is 19.2. The molecule has 2 heterocycles. The third-order valence-electron chi connectivity index (χ3n) is 3.05. The summed E-state index contributed by atoms with van der Waals surface area (Å²) < 4.78 is 27.7. The minimum absolute atomic E-state index is 0.277. The molecule has 1 aliphatic rings. The Kier molecular flexibility index (Phi) is 4.41. The van der Waals surface area contributed by atoms with Crippen LogP contribution in [0.15, 0.2) is 17.3 Å². The molecule has 0 aromatic carbocycles. The lowest BCUT2D eigenvalue weighted by atomic mass is 10.4. The highest BCUT2D eigenvalue weighted by Gasteiger charge is 2.29. The second-order valence-electron chi connectivity index (χ2n) is 4.28. The van der Waals surface area contributed by atoms with Crippen LogP contribution in [0.25, 0.3) is 0 Å². The molecule has 0 bridgehead atoms. The summed E-state index contributed by atoms with van der Waals surface area (Å²) in [7, 11) is -1.65. The van der Waals surface area contributed by atoms with Gasteiger partial charge in [-0.05, 0) is 0 Å². The Hall–Kier alpha value is -0.440. The topological polar surface area (TPSA) is 58.4 Å². The van der Waals surface area contributed by atoms with Gasteiger partial charge in [-0.3, -0.25) is 9.58 Å². The van der Waals surface area contributed by atoms with Gasteiger partial charge in [0.05, 0.1) is 6.20 Å². The van der Waals surface area contributed by atoms with E-state index in [9.17, 15) is 8.42 Å². The predicted octanol–water partition coefficient (Wildman–Crippen LogP) is 0.121. The summed E-state index contributed by atoms with van der Waals surface area (Å²) in [5.74, 6) is 0. The Balaban J connectivity index is 2.05. The fourth-order valence-electron chi connectivity index (χ4n) is 1.99. The lowest BCUT2D eigenvalue weighted by Crippen LogP contribution is -2.48. The van der Waals surface area contributed by atoms with Crippen molar-refractivity contribution in [3.63, 3.8) is 0 Å². The van der Waals surface area contributed by atoms with E-state index < -0.39 is 10.0 Å². The smallest absolute Gasteiger partial charge is 0.246 e. The summed E-state index contributed by atoms with van der Waals surface area (Å²) >= 11 is 3.39. The molecule has 1 fully saturated rings. The first-order chi connectivity index (χ1) is 8.54. The van der Waals surface area contributed by atoms with Crippen LogP contribution in [0.1, 0.15) is 0 Å². The van der Waals surface area contributed by atoms with E-state index in [1.165, 1.54) is 15.2 Å². The Bertz CT molecular complexity index is 494. The summed E-state index contributed by atoms with van der Waals surface area (Å²) in [6.45, 7) is 3.62. The number of halogens is 1. The molecule has 0 unspecified atom stereocenters. The molecule has 102 valence electrons. The Morgan fingerprint density at radius 1 is 1.33 bits per heavy atom. The number of hydrogen-bond acceptors (Lipinski definition) is 4. The van der Waals surface area contributed by atoms with Crippen molar-refractivity contribution in [1.82, 2.24) is 19.0 Å². The summed E-state index contributed by atoms with van der Waals surface area (Å²) in [5, 5.41) is 4.84. The van der Waals surface area contributed by atoms with Gasteiger partial charge in [-0.15, -0.1) is 0 Å². The van der Waals surface area contributed by atoms with Gasteiger partial charge in [0.1, 0.15) is 4.90 Å². The van der Waals surface area contributed by atoms with Gasteiger partial charge in [0.2, 0.25) is 10.0 Å². The van der Waals surface area contributed by atoms with Gasteiger partial charge < -0.3 is 0 Å². The van der Waals surface area contributed by atoms with E-state index >= 15 is 0 Å². The van der Waals surface area contributed by atoms with Crippen LogP contribution >= 0.6 is 15.9 Å².